The monoisotopic (exact) mass is 170 g/mol. The molecule has 0 N–H and O–H groups in total. The fraction of sp³-hybridized carbons (Fsp3) is 1.00. The maximum atomic E-state index is 9.30. The van der Waals surface area contributed by atoms with E-state index in [0.717, 1.165) is 6.42 Å². The average Bonchev–Trinajstić information content (AvgIpc) is 1.87. The predicted octanol–water partition coefficient (Wildman–Crippen LogP) is 1.21. The van der Waals surface area contributed by atoms with Gasteiger partial charge in [-0.25, -0.2) is 0 Å². The first-order valence-electron chi connectivity index (χ1n) is 3.85. The van der Waals surface area contributed by atoms with Gasteiger partial charge in [0, 0.05) is 0 Å². The fourth-order valence-electron chi connectivity index (χ4n) is 0. The molecule has 0 aromatic heterocycles. The molecule has 10 heavy (non-hydrogen) atoms. The summed E-state index contributed by atoms with van der Waals surface area (Å²) in [6, 6.07) is 0. The second-order valence-electron chi connectivity index (χ2n) is 3.51. The van der Waals surface area contributed by atoms with Gasteiger partial charge in [-0.05, 0) is 0 Å². The molecule has 0 aliphatic heterocycles. The quantitative estimate of drug-likeness (QED) is 0.572. The summed E-state index contributed by atoms with van der Waals surface area (Å²) in [6.07, 6.45) is 0.764. The van der Waals surface area contributed by atoms with E-state index in [4.69, 9.17) is 0 Å². The topological polar surface area (TPSA) is 23.1 Å². The van der Waals surface area contributed by atoms with Gasteiger partial charge in [0.1, 0.15) is 0 Å². The standard InChI is InChI=1S/C4H11Si.C3H7O.Mg/c1-5(2,3)4;1-2-3-4;/h1H2,2-4H3;2-3H2,1H3;/q;-1;+1. The van der Waals surface area contributed by atoms with Crippen molar-refractivity contribution in [3.8, 4) is 0 Å². The van der Waals surface area contributed by atoms with Crippen LogP contribution in [0.25, 0.3) is 0 Å². The van der Waals surface area contributed by atoms with Crippen LogP contribution in [0, 0.1) is 0 Å². The Morgan fingerprint density at radius 2 is 1.50 bits per heavy atom. The Kier molecular flexibility index (Phi) is 10.9. The van der Waals surface area contributed by atoms with Gasteiger partial charge in [0.2, 0.25) is 0 Å². The van der Waals surface area contributed by atoms with Crippen molar-refractivity contribution in [1.82, 2.24) is 0 Å². The molecule has 0 aliphatic carbocycles. The second-order valence-corrected chi connectivity index (χ2v) is 10.6. The minimum absolute atomic E-state index is 0.0694. The zero-order valence-electron chi connectivity index (χ0n) is 7.74. The van der Waals surface area contributed by atoms with Gasteiger partial charge in [-0.3, -0.25) is 0 Å². The molecule has 0 amide bonds. The fourth-order valence-corrected chi connectivity index (χ4v) is 0. The minimum atomic E-state index is -0.619. The van der Waals surface area contributed by atoms with E-state index < -0.39 is 8.07 Å². The summed E-state index contributed by atoms with van der Waals surface area (Å²) in [7, 11) is -0.619. The van der Waals surface area contributed by atoms with Gasteiger partial charge in [-0.2, -0.15) is 0 Å². The summed E-state index contributed by atoms with van der Waals surface area (Å²) in [6.45, 7) is 9.10. The molecule has 0 aliphatic rings. The van der Waals surface area contributed by atoms with E-state index in [0.29, 0.717) is 0 Å². The predicted molar refractivity (Wildman–Crippen MR) is 49.1 cm³/mol. The normalized spacial score (nSPS) is 10.3. The Hall–Kier alpha value is 0.943. The summed E-state index contributed by atoms with van der Waals surface area (Å²) in [5.41, 5.74) is 0. The molecule has 0 fully saturated rings. The molecular formula is C7H18MgOSi. The third-order valence-electron chi connectivity index (χ3n) is 0.954. The zero-order valence-corrected chi connectivity index (χ0v) is 10.2. The van der Waals surface area contributed by atoms with Crippen molar-refractivity contribution >= 4 is 29.8 Å². The molecule has 0 spiro atoms. The van der Waals surface area contributed by atoms with Crippen molar-refractivity contribution in [2.24, 2.45) is 0 Å². The van der Waals surface area contributed by atoms with E-state index in [1.54, 1.807) is 0 Å². The molecule has 58 valence electrons. The van der Waals surface area contributed by atoms with Gasteiger partial charge in [0.15, 0.2) is 0 Å². The van der Waals surface area contributed by atoms with E-state index in [2.05, 4.69) is 41.3 Å². The van der Waals surface area contributed by atoms with Crippen LogP contribution in [-0.2, 0) is 0 Å². The van der Waals surface area contributed by atoms with Crippen LogP contribution in [0.2, 0.25) is 23.8 Å². The summed E-state index contributed by atoms with van der Waals surface area (Å²) in [4.78, 5) is 0. The van der Waals surface area contributed by atoms with Crippen molar-refractivity contribution in [3.05, 3.63) is 0 Å². The Bertz CT molecular complexity index is 59.1. The van der Waals surface area contributed by atoms with Crippen LogP contribution < -0.4 is 5.11 Å². The second kappa shape index (κ2) is 8.04. The van der Waals surface area contributed by atoms with Gasteiger partial charge in [-0.1, -0.05) is 13.3 Å². The van der Waals surface area contributed by atoms with Crippen molar-refractivity contribution in [2.45, 2.75) is 37.2 Å². The van der Waals surface area contributed by atoms with Crippen LogP contribution in [-0.4, -0.2) is 36.4 Å². The van der Waals surface area contributed by atoms with Crippen LogP contribution in [0.15, 0.2) is 0 Å². The van der Waals surface area contributed by atoms with Gasteiger partial charge < -0.3 is 5.11 Å². The number of rotatable bonds is 2. The van der Waals surface area contributed by atoms with Crippen LogP contribution in [0.3, 0.4) is 0 Å². The first kappa shape index (κ1) is 13.5. The molecule has 3 heteroatoms. The summed E-state index contributed by atoms with van der Waals surface area (Å²) in [5.74, 6) is 0. The number of hydrogen-bond acceptors (Lipinski definition) is 1. The van der Waals surface area contributed by atoms with Crippen LogP contribution in [0.1, 0.15) is 13.3 Å². The molecule has 0 unspecified atom stereocenters. The Balaban J connectivity index is 0. The Labute approximate surface area is 78.7 Å². The molecule has 0 radical (unpaired) electrons. The molecular weight excluding hydrogens is 152 g/mol. The zero-order chi connectivity index (χ0) is 8.62. The van der Waals surface area contributed by atoms with Crippen molar-refractivity contribution < 1.29 is 5.11 Å². The maximum absolute atomic E-state index is 9.30. The van der Waals surface area contributed by atoms with E-state index in [1.165, 1.54) is 4.17 Å². The van der Waals surface area contributed by atoms with Crippen molar-refractivity contribution in [1.29, 1.82) is 0 Å². The molecule has 0 saturated heterocycles. The first-order valence-corrected chi connectivity index (χ1v) is 8.56. The third-order valence-corrected chi connectivity index (χ3v) is 6.95. The van der Waals surface area contributed by atoms with E-state index in [1.807, 2.05) is 6.92 Å². The first-order chi connectivity index (χ1) is 4.47. The van der Waals surface area contributed by atoms with Crippen LogP contribution >= 0.6 is 0 Å². The summed E-state index contributed by atoms with van der Waals surface area (Å²) < 4.78 is 1.44. The van der Waals surface area contributed by atoms with E-state index in [-0.39, 0.29) is 6.61 Å². The van der Waals surface area contributed by atoms with Gasteiger partial charge in [0.05, 0.1) is 0 Å². The molecule has 0 aromatic carbocycles. The van der Waals surface area contributed by atoms with Gasteiger partial charge >= 0.3 is 53.6 Å². The third kappa shape index (κ3) is 23.1. The van der Waals surface area contributed by atoms with E-state index in [9.17, 15) is 5.11 Å². The van der Waals surface area contributed by atoms with Crippen molar-refractivity contribution in [3.63, 3.8) is 0 Å². The summed E-state index contributed by atoms with van der Waals surface area (Å²) in [5, 5.41) is 9.30. The molecule has 1 nitrogen and oxygen atoms in total. The summed E-state index contributed by atoms with van der Waals surface area (Å²) >= 11 is 2.10. The van der Waals surface area contributed by atoms with Gasteiger partial charge in [-0.15, -0.1) is 6.61 Å². The van der Waals surface area contributed by atoms with Crippen molar-refractivity contribution in [2.75, 3.05) is 6.61 Å². The van der Waals surface area contributed by atoms with Crippen LogP contribution in [0.5, 0.6) is 0 Å². The molecule has 0 bridgehead atoms. The molecule has 0 heterocycles. The molecule has 0 aromatic rings. The Morgan fingerprint density at radius 3 is 1.50 bits per heavy atom. The number of hydrogen-bond donors (Lipinski definition) is 0. The molecule has 0 atom stereocenters. The average molecular weight is 171 g/mol. The molecule has 0 saturated carbocycles. The molecule has 0 rings (SSSR count). The van der Waals surface area contributed by atoms with Crippen LogP contribution in [0.4, 0.5) is 0 Å². The van der Waals surface area contributed by atoms with Gasteiger partial charge in [0.25, 0.3) is 0 Å². The SMILES string of the molecule is CCC[O-].C[Si](C)(C)[CH2][Mg+]. The van der Waals surface area contributed by atoms with E-state index >= 15 is 0 Å². The Morgan fingerprint density at radius 1 is 1.30 bits per heavy atom.